The SMILES string of the molecule is CC(=O)NC(C(=O)NCC(NC(=O)c1csc2nccn12)c1ccc(F)cc1F)c1ccccc1. The summed E-state index contributed by atoms with van der Waals surface area (Å²) in [6.07, 6.45) is 3.17. The van der Waals surface area contributed by atoms with Crippen LogP contribution in [0, 0.1) is 11.6 Å². The first-order valence-corrected chi connectivity index (χ1v) is 11.5. The van der Waals surface area contributed by atoms with Gasteiger partial charge < -0.3 is 16.0 Å². The van der Waals surface area contributed by atoms with Crippen LogP contribution >= 0.6 is 11.3 Å². The van der Waals surface area contributed by atoms with Crippen molar-refractivity contribution in [3.8, 4) is 0 Å². The van der Waals surface area contributed by atoms with Crippen LogP contribution in [0.25, 0.3) is 4.96 Å². The smallest absolute Gasteiger partial charge is 0.269 e. The Bertz CT molecular complexity index is 1370. The highest BCUT2D eigenvalue weighted by Gasteiger charge is 2.25. The molecule has 35 heavy (non-hydrogen) atoms. The summed E-state index contributed by atoms with van der Waals surface area (Å²) in [6.45, 7) is 1.07. The quantitative estimate of drug-likeness (QED) is 0.348. The average Bonchev–Trinajstić information content (AvgIpc) is 3.45. The highest BCUT2D eigenvalue weighted by Crippen LogP contribution is 2.21. The number of nitrogens with one attached hydrogen (secondary N) is 3. The highest BCUT2D eigenvalue weighted by atomic mass is 32.1. The molecule has 11 heteroatoms. The van der Waals surface area contributed by atoms with Gasteiger partial charge in [0.25, 0.3) is 5.91 Å². The van der Waals surface area contributed by atoms with E-state index in [1.807, 2.05) is 0 Å². The first kappa shape index (κ1) is 24.0. The number of carbonyl (C=O) groups excluding carboxylic acids is 3. The molecule has 180 valence electrons. The molecule has 0 aliphatic rings. The monoisotopic (exact) mass is 497 g/mol. The van der Waals surface area contributed by atoms with Crippen LogP contribution in [0.3, 0.4) is 0 Å². The van der Waals surface area contributed by atoms with Crippen LogP contribution in [0.5, 0.6) is 0 Å². The fourth-order valence-electron chi connectivity index (χ4n) is 3.60. The number of carbonyl (C=O) groups is 3. The van der Waals surface area contributed by atoms with E-state index in [1.165, 1.54) is 24.3 Å². The Morgan fingerprint density at radius 3 is 2.57 bits per heavy atom. The molecular formula is C24H21F2N5O3S. The van der Waals surface area contributed by atoms with Crippen LogP contribution in [0.2, 0.25) is 0 Å². The van der Waals surface area contributed by atoms with Crippen molar-refractivity contribution in [2.75, 3.05) is 6.54 Å². The van der Waals surface area contributed by atoms with Gasteiger partial charge in [-0.05, 0) is 11.6 Å². The van der Waals surface area contributed by atoms with Crippen molar-refractivity contribution in [1.82, 2.24) is 25.3 Å². The number of amides is 3. The Morgan fingerprint density at radius 1 is 1.09 bits per heavy atom. The molecule has 4 aromatic rings. The normalized spacial score (nSPS) is 12.7. The maximum absolute atomic E-state index is 14.6. The van der Waals surface area contributed by atoms with E-state index >= 15 is 0 Å². The standard InChI is InChI=1S/C24H21F2N5O3S/c1-14(32)29-21(15-5-3-2-4-6-15)23(34)28-12-19(17-8-7-16(25)11-18(17)26)30-22(33)20-13-35-24-27-9-10-31(20)24/h2-11,13,19,21H,12H2,1H3,(H,28,34)(H,29,32)(H,30,33). The Morgan fingerprint density at radius 2 is 1.86 bits per heavy atom. The fraction of sp³-hybridized carbons (Fsp3) is 0.167. The summed E-state index contributed by atoms with van der Waals surface area (Å²) in [6, 6.07) is 9.57. The fourth-order valence-corrected chi connectivity index (χ4v) is 4.43. The van der Waals surface area contributed by atoms with E-state index in [1.54, 1.807) is 52.5 Å². The van der Waals surface area contributed by atoms with E-state index < -0.39 is 41.4 Å². The minimum absolute atomic E-state index is 0.00653. The summed E-state index contributed by atoms with van der Waals surface area (Å²) in [5.41, 5.74) is 0.823. The van der Waals surface area contributed by atoms with Gasteiger partial charge >= 0.3 is 0 Å². The Kier molecular flexibility index (Phi) is 7.16. The lowest BCUT2D eigenvalue weighted by Gasteiger charge is -2.23. The minimum Gasteiger partial charge on any atom is -0.352 e. The molecule has 0 spiro atoms. The van der Waals surface area contributed by atoms with E-state index in [2.05, 4.69) is 20.9 Å². The number of hydrogen-bond acceptors (Lipinski definition) is 5. The zero-order valence-electron chi connectivity index (χ0n) is 18.5. The molecule has 2 aromatic heterocycles. The molecule has 0 fully saturated rings. The molecule has 3 amide bonds. The predicted octanol–water partition coefficient (Wildman–Crippen LogP) is 3.14. The number of rotatable bonds is 8. The maximum Gasteiger partial charge on any atom is 0.269 e. The Labute approximate surface area is 203 Å². The molecule has 0 saturated carbocycles. The number of benzene rings is 2. The molecule has 0 radical (unpaired) electrons. The van der Waals surface area contributed by atoms with Crippen molar-refractivity contribution in [2.45, 2.75) is 19.0 Å². The van der Waals surface area contributed by atoms with Gasteiger partial charge in [0.1, 0.15) is 23.4 Å². The number of hydrogen-bond donors (Lipinski definition) is 3. The second kappa shape index (κ2) is 10.4. The van der Waals surface area contributed by atoms with E-state index in [0.29, 0.717) is 16.6 Å². The molecule has 0 aliphatic carbocycles. The molecule has 2 unspecified atom stereocenters. The second-order valence-electron chi connectivity index (χ2n) is 7.68. The minimum atomic E-state index is -1.03. The van der Waals surface area contributed by atoms with E-state index in [4.69, 9.17) is 0 Å². The molecule has 8 nitrogen and oxygen atoms in total. The van der Waals surface area contributed by atoms with Crippen LogP contribution in [0.15, 0.2) is 66.3 Å². The van der Waals surface area contributed by atoms with Gasteiger partial charge in [-0.1, -0.05) is 36.4 Å². The number of nitrogens with zero attached hydrogens (tertiary/aromatic N) is 2. The van der Waals surface area contributed by atoms with Crippen molar-refractivity contribution >= 4 is 34.0 Å². The van der Waals surface area contributed by atoms with Crippen molar-refractivity contribution in [1.29, 1.82) is 0 Å². The van der Waals surface area contributed by atoms with Crippen molar-refractivity contribution < 1.29 is 23.2 Å². The topological polar surface area (TPSA) is 105 Å². The van der Waals surface area contributed by atoms with Gasteiger partial charge in [0.15, 0.2) is 4.96 Å². The number of halogens is 2. The van der Waals surface area contributed by atoms with Crippen LogP contribution in [-0.2, 0) is 9.59 Å². The van der Waals surface area contributed by atoms with Gasteiger partial charge in [0.05, 0.1) is 6.04 Å². The number of thiazole rings is 1. The summed E-state index contributed by atoms with van der Waals surface area (Å²) in [7, 11) is 0. The Hall–Kier alpha value is -4.12. The van der Waals surface area contributed by atoms with Gasteiger partial charge in [-0.2, -0.15) is 0 Å². The number of imidazole rings is 1. The van der Waals surface area contributed by atoms with Crippen molar-refractivity contribution in [3.05, 3.63) is 94.8 Å². The molecule has 2 atom stereocenters. The van der Waals surface area contributed by atoms with Gasteiger partial charge in [0.2, 0.25) is 11.8 Å². The predicted molar refractivity (Wildman–Crippen MR) is 126 cm³/mol. The summed E-state index contributed by atoms with van der Waals surface area (Å²) in [5, 5.41) is 9.57. The first-order chi connectivity index (χ1) is 16.8. The average molecular weight is 498 g/mol. The third-order valence-corrected chi connectivity index (χ3v) is 6.10. The lowest BCUT2D eigenvalue weighted by atomic mass is 10.0. The lowest BCUT2D eigenvalue weighted by molar-refractivity contribution is -0.128. The van der Waals surface area contributed by atoms with Crippen LogP contribution in [-0.4, -0.2) is 33.7 Å². The molecule has 0 aliphatic heterocycles. The van der Waals surface area contributed by atoms with E-state index in [9.17, 15) is 23.2 Å². The van der Waals surface area contributed by atoms with Crippen molar-refractivity contribution in [2.24, 2.45) is 0 Å². The zero-order chi connectivity index (χ0) is 24.9. The summed E-state index contributed by atoms with van der Waals surface area (Å²) < 4.78 is 29.7. The van der Waals surface area contributed by atoms with E-state index in [-0.39, 0.29) is 17.8 Å². The molecular weight excluding hydrogens is 476 g/mol. The van der Waals surface area contributed by atoms with E-state index in [0.717, 1.165) is 6.07 Å². The van der Waals surface area contributed by atoms with Crippen LogP contribution in [0.4, 0.5) is 8.78 Å². The third-order valence-electron chi connectivity index (χ3n) is 5.24. The molecule has 3 N–H and O–H groups in total. The third kappa shape index (κ3) is 5.52. The Balaban J connectivity index is 1.57. The second-order valence-corrected chi connectivity index (χ2v) is 8.52. The highest BCUT2D eigenvalue weighted by molar-refractivity contribution is 7.15. The summed E-state index contributed by atoms with van der Waals surface area (Å²) in [5.74, 6) is -3.14. The molecule has 2 aromatic carbocycles. The number of fused-ring (bicyclic) bond motifs is 1. The summed E-state index contributed by atoms with van der Waals surface area (Å²) >= 11 is 1.26. The molecule has 0 bridgehead atoms. The molecule has 2 heterocycles. The van der Waals surface area contributed by atoms with Crippen LogP contribution in [0.1, 0.15) is 40.6 Å². The van der Waals surface area contributed by atoms with Gasteiger partial charge in [0, 0.05) is 42.9 Å². The van der Waals surface area contributed by atoms with Gasteiger partial charge in [-0.3, -0.25) is 18.8 Å². The zero-order valence-corrected chi connectivity index (χ0v) is 19.3. The van der Waals surface area contributed by atoms with Gasteiger partial charge in [-0.25, -0.2) is 13.8 Å². The maximum atomic E-state index is 14.6. The molecule has 0 saturated heterocycles. The molecule has 4 rings (SSSR count). The number of aromatic nitrogens is 2. The van der Waals surface area contributed by atoms with Gasteiger partial charge in [-0.15, -0.1) is 11.3 Å². The first-order valence-electron chi connectivity index (χ1n) is 10.6. The summed E-state index contributed by atoms with van der Waals surface area (Å²) in [4.78, 5) is 42.4. The largest absolute Gasteiger partial charge is 0.352 e. The van der Waals surface area contributed by atoms with Crippen LogP contribution < -0.4 is 16.0 Å². The van der Waals surface area contributed by atoms with Crippen molar-refractivity contribution in [3.63, 3.8) is 0 Å². The lowest BCUT2D eigenvalue weighted by Crippen LogP contribution is -2.44.